The Kier molecular flexibility index (Phi) is 5.04. The lowest BCUT2D eigenvalue weighted by molar-refractivity contribution is 0.0942. The second kappa shape index (κ2) is 6.11. The summed E-state index contributed by atoms with van der Waals surface area (Å²) < 4.78 is 26.5. The van der Waals surface area contributed by atoms with E-state index in [0.29, 0.717) is 5.92 Å². The summed E-state index contributed by atoms with van der Waals surface area (Å²) >= 11 is 0. The van der Waals surface area contributed by atoms with Crippen molar-refractivity contribution in [3.63, 3.8) is 0 Å². The lowest BCUT2D eigenvalue weighted by Crippen LogP contribution is -2.39. The van der Waals surface area contributed by atoms with E-state index in [1.54, 1.807) is 0 Å². The van der Waals surface area contributed by atoms with Gasteiger partial charge in [-0.1, -0.05) is 6.07 Å². The van der Waals surface area contributed by atoms with E-state index in [9.17, 15) is 13.6 Å². The molecule has 0 radical (unpaired) electrons. The molecule has 0 saturated heterocycles. The maximum atomic E-state index is 13.3. The molecule has 1 aromatic rings. The summed E-state index contributed by atoms with van der Waals surface area (Å²) in [5.41, 5.74) is 5.23. The first-order valence-corrected chi connectivity index (χ1v) is 5.57. The van der Waals surface area contributed by atoms with E-state index < -0.39 is 23.1 Å². The molecule has 0 aromatic heterocycles. The maximum Gasteiger partial charge on any atom is 0.257 e. The van der Waals surface area contributed by atoms with E-state index in [-0.39, 0.29) is 25.0 Å². The van der Waals surface area contributed by atoms with Gasteiger partial charge < -0.3 is 11.1 Å². The SMILES string of the molecule is Cl.NC(CNC(=O)c1c(F)cccc1F)C1CC1. The van der Waals surface area contributed by atoms with Gasteiger partial charge in [-0.05, 0) is 30.9 Å². The number of rotatable bonds is 4. The molecular weight excluding hydrogens is 262 g/mol. The monoisotopic (exact) mass is 276 g/mol. The summed E-state index contributed by atoms with van der Waals surface area (Å²) in [6, 6.07) is 3.20. The van der Waals surface area contributed by atoms with Crippen LogP contribution >= 0.6 is 12.4 Å². The fourth-order valence-corrected chi connectivity index (χ4v) is 1.70. The molecule has 3 nitrogen and oxygen atoms in total. The molecule has 1 aromatic carbocycles. The zero-order valence-electron chi connectivity index (χ0n) is 9.66. The van der Waals surface area contributed by atoms with Gasteiger partial charge in [0.25, 0.3) is 5.91 Å². The third kappa shape index (κ3) is 3.40. The van der Waals surface area contributed by atoms with Crippen molar-refractivity contribution in [3.8, 4) is 0 Å². The van der Waals surface area contributed by atoms with Crippen LogP contribution in [0.5, 0.6) is 0 Å². The first-order chi connectivity index (χ1) is 8.09. The summed E-state index contributed by atoms with van der Waals surface area (Å²) in [5.74, 6) is -2.04. The van der Waals surface area contributed by atoms with Gasteiger partial charge in [-0.2, -0.15) is 0 Å². The van der Waals surface area contributed by atoms with Crippen LogP contribution in [0.4, 0.5) is 8.78 Å². The smallest absolute Gasteiger partial charge is 0.257 e. The Hall–Kier alpha value is -1.20. The van der Waals surface area contributed by atoms with E-state index in [4.69, 9.17) is 5.73 Å². The van der Waals surface area contributed by atoms with Crippen LogP contribution < -0.4 is 11.1 Å². The average molecular weight is 277 g/mol. The Morgan fingerprint density at radius 3 is 2.44 bits per heavy atom. The number of nitrogens with one attached hydrogen (secondary N) is 1. The highest BCUT2D eigenvalue weighted by Crippen LogP contribution is 2.31. The predicted molar refractivity (Wildman–Crippen MR) is 66.6 cm³/mol. The molecule has 3 N–H and O–H groups in total. The average Bonchev–Trinajstić information content (AvgIpc) is 3.09. The number of nitrogens with two attached hydrogens (primary N) is 1. The molecule has 0 heterocycles. The van der Waals surface area contributed by atoms with Gasteiger partial charge in [0.2, 0.25) is 0 Å². The Morgan fingerprint density at radius 1 is 1.39 bits per heavy atom. The zero-order valence-corrected chi connectivity index (χ0v) is 10.5. The van der Waals surface area contributed by atoms with E-state index in [1.807, 2.05) is 0 Å². The molecule has 2 rings (SSSR count). The molecule has 1 amide bonds. The van der Waals surface area contributed by atoms with E-state index in [2.05, 4.69) is 5.32 Å². The summed E-state index contributed by atoms with van der Waals surface area (Å²) in [6.07, 6.45) is 2.12. The number of amides is 1. The predicted octanol–water partition coefficient (Wildman–Crippen LogP) is 1.85. The first kappa shape index (κ1) is 14.9. The molecule has 1 atom stereocenters. The molecule has 18 heavy (non-hydrogen) atoms. The molecule has 1 aliphatic carbocycles. The molecule has 1 fully saturated rings. The van der Waals surface area contributed by atoms with Crippen molar-refractivity contribution in [3.05, 3.63) is 35.4 Å². The minimum absolute atomic E-state index is 0. The maximum absolute atomic E-state index is 13.3. The van der Waals surface area contributed by atoms with Gasteiger partial charge in [0, 0.05) is 12.6 Å². The number of carbonyl (C=O) groups excluding carboxylic acids is 1. The van der Waals surface area contributed by atoms with Gasteiger partial charge in [0.05, 0.1) is 0 Å². The molecule has 0 aliphatic heterocycles. The summed E-state index contributed by atoms with van der Waals surface area (Å²) in [4.78, 5) is 11.6. The van der Waals surface area contributed by atoms with E-state index in [0.717, 1.165) is 25.0 Å². The Labute approximate surface area is 110 Å². The Bertz CT molecular complexity index is 418. The van der Waals surface area contributed by atoms with E-state index in [1.165, 1.54) is 6.07 Å². The minimum atomic E-state index is -0.859. The highest BCUT2D eigenvalue weighted by Gasteiger charge is 2.29. The van der Waals surface area contributed by atoms with Crippen molar-refractivity contribution in [1.82, 2.24) is 5.32 Å². The second-order valence-corrected chi connectivity index (χ2v) is 4.31. The topological polar surface area (TPSA) is 55.1 Å². The largest absolute Gasteiger partial charge is 0.350 e. The fraction of sp³-hybridized carbons (Fsp3) is 0.417. The lowest BCUT2D eigenvalue weighted by atomic mass is 10.1. The molecule has 6 heteroatoms. The summed E-state index contributed by atoms with van der Waals surface area (Å²) in [5, 5.41) is 2.46. The lowest BCUT2D eigenvalue weighted by Gasteiger charge is -2.12. The quantitative estimate of drug-likeness (QED) is 0.882. The summed E-state index contributed by atoms with van der Waals surface area (Å²) in [6.45, 7) is 0.247. The van der Waals surface area contributed by atoms with Gasteiger partial charge in [-0.25, -0.2) is 8.78 Å². The van der Waals surface area contributed by atoms with Crippen molar-refractivity contribution in [2.45, 2.75) is 18.9 Å². The number of hydrogen-bond acceptors (Lipinski definition) is 2. The van der Waals surface area contributed by atoms with Crippen LogP contribution in [-0.4, -0.2) is 18.5 Å². The van der Waals surface area contributed by atoms with Crippen LogP contribution in [-0.2, 0) is 0 Å². The third-order valence-corrected chi connectivity index (χ3v) is 2.92. The van der Waals surface area contributed by atoms with Gasteiger partial charge in [0.1, 0.15) is 17.2 Å². The molecule has 1 unspecified atom stereocenters. The minimum Gasteiger partial charge on any atom is -0.350 e. The molecule has 0 bridgehead atoms. The summed E-state index contributed by atoms with van der Waals surface area (Å²) in [7, 11) is 0. The van der Waals surface area contributed by atoms with Gasteiger partial charge in [-0.15, -0.1) is 12.4 Å². The second-order valence-electron chi connectivity index (χ2n) is 4.31. The standard InChI is InChI=1S/C12H14F2N2O.ClH/c13-8-2-1-3-9(14)11(8)12(17)16-6-10(15)7-4-5-7;/h1-3,7,10H,4-6,15H2,(H,16,17);1H. The Morgan fingerprint density at radius 2 is 1.94 bits per heavy atom. The molecule has 100 valence electrons. The van der Waals surface area contributed by atoms with Gasteiger partial charge in [-0.3, -0.25) is 4.79 Å². The number of carbonyl (C=O) groups is 1. The first-order valence-electron chi connectivity index (χ1n) is 5.57. The van der Waals surface area contributed by atoms with Gasteiger partial charge in [0.15, 0.2) is 0 Å². The highest BCUT2D eigenvalue weighted by atomic mass is 35.5. The van der Waals surface area contributed by atoms with Crippen molar-refractivity contribution in [2.75, 3.05) is 6.54 Å². The van der Waals surface area contributed by atoms with Crippen LogP contribution in [0, 0.1) is 17.6 Å². The van der Waals surface area contributed by atoms with Crippen LogP contribution in [0.2, 0.25) is 0 Å². The van der Waals surface area contributed by atoms with Crippen LogP contribution in [0.3, 0.4) is 0 Å². The van der Waals surface area contributed by atoms with Crippen molar-refractivity contribution in [2.24, 2.45) is 11.7 Å². The van der Waals surface area contributed by atoms with Crippen molar-refractivity contribution in [1.29, 1.82) is 0 Å². The van der Waals surface area contributed by atoms with E-state index >= 15 is 0 Å². The van der Waals surface area contributed by atoms with Crippen LogP contribution in [0.15, 0.2) is 18.2 Å². The third-order valence-electron chi connectivity index (χ3n) is 2.92. The van der Waals surface area contributed by atoms with Crippen molar-refractivity contribution >= 4 is 18.3 Å². The van der Waals surface area contributed by atoms with Crippen LogP contribution in [0.1, 0.15) is 23.2 Å². The number of benzene rings is 1. The molecule has 1 aliphatic rings. The fourth-order valence-electron chi connectivity index (χ4n) is 1.70. The van der Waals surface area contributed by atoms with Crippen LogP contribution in [0.25, 0.3) is 0 Å². The van der Waals surface area contributed by atoms with Gasteiger partial charge >= 0.3 is 0 Å². The number of halogens is 3. The molecule has 0 spiro atoms. The molecule has 1 saturated carbocycles. The number of hydrogen-bond donors (Lipinski definition) is 2. The van der Waals surface area contributed by atoms with Crippen molar-refractivity contribution < 1.29 is 13.6 Å². The zero-order chi connectivity index (χ0) is 12.4. The Balaban J connectivity index is 0.00000162. The normalized spacial score (nSPS) is 15.7. The molecular formula is C12H15ClF2N2O. The highest BCUT2D eigenvalue weighted by molar-refractivity contribution is 5.94.